The molecular weight excluding hydrogens is 324 g/mol. The van der Waals surface area contributed by atoms with Crippen molar-refractivity contribution >= 4 is 23.4 Å². The molecule has 126 valence electrons. The fourth-order valence-corrected chi connectivity index (χ4v) is 4.57. The molecule has 0 fully saturated rings. The number of esters is 1. The van der Waals surface area contributed by atoms with Gasteiger partial charge in [-0.3, -0.25) is 9.36 Å². The maximum absolute atomic E-state index is 13.0. The Labute approximate surface area is 145 Å². The quantitative estimate of drug-likeness (QED) is 0.802. The Morgan fingerprint density at radius 3 is 2.54 bits per heavy atom. The van der Waals surface area contributed by atoms with Gasteiger partial charge >= 0.3 is 5.97 Å². The summed E-state index contributed by atoms with van der Waals surface area (Å²) in [5.41, 5.74) is 3.44. The van der Waals surface area contributed by atoms with Crippen LogP contribution in [0, 0.1) is 6.92 Å². The monoisotopic (exact) mass is 344 g/mol. The van der Waals surface area contributed by atoms with Gasteiger partial charge in [0.25, 0.3) is 5.56 Å². The van der Waals surface area contributed by atoms with Gasteiger partial charge in [-0.1, -0.05) is 30.3 Å². The number of methoxy groups -OCH3 is 1. The summed E-state index contributed by atoms with van der Waals surface area (Å²) in [6, 6.07) is 9.39. The number of hydrogen-bond donors (Lipinski definition) is 0. The molecule has 2 heterocycles. The zero-order valence-corrected chi connectivity index (χ0v) is 15.0. The Kier molecular flexibility index (Phi) is 4.41. The number of fused-ring (bicyclic) bond motifs is 1. The Morgan fingerprint density at radius 2 is 1.96 bits per heavy atom. The van der Waals surface area contributed by atoms with Crippen molar-refractivity contribution < 1.29 is 9.53 Å². The number of aromatic nitrogens is 1. The number of hydrogen-bond acceptors (Lipinski definition) is 5. The first-order chi connectivity index (χ1) is 11.5. The predicted molar refractivity (Wildman–Crippen MR) is 97.0 cm³/mol. The summed E-state index contributed by atoms with van der Waals surface area (Å²) in [4.78, 5) is 27.0. The molecule has 24 heavy (non-hydrogen) atoms. The molecule has 1 aliphatic heterocycles. The van der Waals surface area contributed by atoms with Gasteiger partial charge in [0, 0.05) is 25.4 Å². The number of nitrogens with zero attached hydrogens (tertiary/aromatic N) is 2. The molecule has 1 aromatic heterocycles. The van der Waals surface area contributed by atoms with Crippen molar-refractivity contribution in [2.75, 3.05) is 31.9 Å². The van der Waals surface area contributed by atoms with Crippen molar-refractivity contribution in [2.45, 2.75) is 18.0 Å². The van der Waals surface area contributed by atoms with Crippen LogP contribution in [-0.2, 0) is 9.53 Å². The fourth-order valence-electron chi connectivity index (χ4n) is 3.20. The number of benzene rings is 1. The lowest BCUT2D eigenvalue weighted by atomic mass is 10.0. The summed E-state index contributed by atoms with van der Waals surface area (Å²) in [7, 11) is 5.05. The molecule has 6 heteroatoms. The van der Waals surface area contributed by atoms with E-state index in [0.29, 0.717) is 11.4 Å². The topological polar surface area (TPSA) is 51.5 Å². The number of carbonyl (C=O) groups is 1. The van der Waals surface area contributed by atoms with E-state index in [-0.39, 0.29) is 11.5 Å². The molecule has 0 amide bonds. The lowest BCUT2D eigenvalue weighted by molar-refractivity contribution is -0.143. The number of anilines is 1. The lowest BCUT2D eigenvalue weighted by Crippen LogP contribution is -2.34. The molecule has 1 aliphatic rings. The number of pyridine rings is 1. The van der Waals surface area contributed by atoms with Crippen LogP contribution in [0.1, 0.15) is 11.6 Å². The second-order valence-electron chi connectivity index (χ2n) is 5.94. The van der Waals surface area contributed by atoms with Gasteiger partial charge in [-0.25, -0.2) is 4.79 Å². The second kappa shape index (κ2) is 6.36. The van der Waals surface area contributed by atoms with Gasteiger partial charge in [0.15, 0.2) is 0 Å². The lowest BCUT2D eigenvalue weighted by Gasteiger charge is -2.22. The minimum Gasteiger partial charge on any atom is -0.467 e. The summed E-state index contributed by atoms with van der Waals surface area (Å²) in [6.45, 7) is 1.96. The minimum absolute atomic E-state index is 0.146. The van der Waals surface area contributed by atoms with Crippen LogP contribution in [0.2, 0.25) is 0 Å². The van der Waals surface area contributed by atoms with Crippen molar-refractivity contribution in [1.29, 1.82) is 0 Å². The van der Waals surface area contributed by atoms with E-state index in [2.05, 4.69) is 0 Å². The molecule has 0 spiro atoms. The third kappa shape index (κ3) is 2.51. The molecule has 3 rings (SSSR count). The molecule has 0 aliphatic carbocycles. The van der Waals surface area contributed by atoms with E-state index in [0.717, 1.165) is 21.7 Å². The van der Waals surface area contributed by atoms with Crippen molar-refractivity contribution in [1.82, 2.24) is 4.57 Å². The van der Waals surface area contributed by atoms with E-state index >= 15 is 0 Å². The molecule has 0 bridgehead atoms. The van der Waals surface area contributed by atoms with Crippen molar-refractivity contribution in [3.8, 4) is 11.1 Å². The summed E-state index contributed by atoms with van der Waals surface area (Å²) < 4.78 is 6.49. The molecular formula is C18H20N2O3S. The molecule has 0 saturated heterocycles. The fraction of sp³-hybridized carbons (Fsp3) is 0.333. The van der Waals surface area contributed by atoms with E-state index in [1.54, 1.807) is 4.57 Å². The highest BCUT2D eigenvalue weighted by atomic mass is 32.2. The van der Waals surface area contributed by atoms with Crippen LogP contribution in [0.4, 0.5) is 5.69 Å². The molecule has 0 saturated carbocycles. The van der Waals surface area contributed by atoms with Crippen LogP contribution >= 0.6 is 11.8 Å². The predicted octanol–water partition coefficient (Wildman–Crippen LogP) is 2.71. The Hall–Kier alpha value is -2.21. The number of rotatable bonds is 3. The smallest absolute Gasteiger partial charge is 0.329 e. The zero-order chi connectivity index (χ0) is 17.4. The maximum Gasteiger partial charge on any atom is 0.329 e. The molecule has 0 radical (unpaired) electrons. The Balaban J connectivity index is 2.36. The van der Waals surface area contributed by atoms with Crippen LogP contribution in [0.5, 0.6) is 0 Å². The third-order valence-corrected chi connectivity index (χ3v) is 5.41. The summed E-state index contributed by atoms with van der Waals surface area (Å²) in [5, 5.41) is 0.838. The van der Waals surface area contributed by atoms with Crippen LogP contribution in [0.3, 0.4) is 0 Å². The van der Waals surface area contributed by atoms with E-state index in [9.17, 15) is 9.59 Å². The van der Waals surface area contributed by atoms with Gasteiger partial charge in [-0.15, -0.1) is 11.8 Å². The van der Waals surface area contributed by atoms with E-state index < -0.39 is 6.04 Å². The molecule has 1 atom stereocenters. The van der Waals surface area contributed by atoms with Gasteiger partial charge in [0.05, 0.1) is 12.1 Å². The summed E-state index contributed by atoms with van der Waals surface area (Å²) >= 11 is 1.53. The van der Waals surface area contributed by atoms with E-state index in [4.69, 9.17) is 4.74 Å². The average molecular weight is 344 g/mol. The van der Waals surface area contributed by atoms with Gasteiger partial charge in [-0.05, 0) is 18.1 Å². The van der Waals surface area contributed by atoms with Gasteiger partial charge in [-0.2, -0.15) is 0 Å². The van der Waals surface area contributed by atoms with Gasteiger partial charge < -0.3 is 9.64 Å². The minimum atomic E-state index is -0.579. The standard InChI is InChI=1S/C18H20N2O3S/c1-11-14(12-8-6-5-7-9-12)17-20(16(21)15(11)19(2)3)13(10-24-17)18(22)23-4/h5-9,13H,10H2,1-4H3. The Morgan fingerprint density at radius 1 is 1.29 bits per heavy atom. The molecule has 2 aromatic rings. The van der Waals surface area contributed by atoms with Crippen molar-refractivity contribution in [3.63, 3.8) is 0 Å². The summed E-state index contributed by atoms with van der Waals surface area (Å²) in [5.74, 6) is 0.133. The van der Waals surface area contributed by atoms with Gasteiger partial charge in [0.2, 0.25) is 0 Å². The molecule has 5 nitrogen and oxygen atoms in total. The van der Waals surface area contributed by atoms with E-state index in [1.807, 2.05) is 56.3 Å². The molecule has 0 N–H and O–H groups in total. The van der Waals surface area contributed by atoms with Crippen LogP contribution in [0.15, 0.2) is 40.2 Å². The number of thioether (sulfide) groups is 1. The van der Waals surface area contributed by atoms with Crippen molar-refractivity contribution in [3.05, 3.63) is 46.2 Å². The highest BCUT2D eigenvalue weighted by molar-refractivity contribution is 7.99. The first-order valence-electron chi connectivity index (χ1n) is 7.69. The number of ether oxygens (including phenoxy) is 1. The third-order valence-electron chi connectivity index (χ3n) is 4.26. The largest absolute Gasteiger partial charge is 0.467 e. The normalized spacial score (nSPS) is 15.9. The zero-order valence-electron chi connectivity index (χ0n) is 14.2. The first-order valence-corrected chi connectivity index (χ1v) is 8.68. The maximum atomic E-state index is 13.0. The summed E-state index contributed by atoms with van der Waals surface area (Å²) in [6.07, 6.45) is 0. The average Bonchev–Trinajstić information content (AvgIpc) is 3.00. The number of carbonyl (C=O) groups excluding carboxylic acids is 1. The SMILES string of the molecule is COC(=O)C1CSc2c(-c3ccccc3)c(C)c(N(C)C)c(=O)n21. The first kappa shape index (κ1) is 16.6. The van der Waals surface area contributed by atoms with E-state index in [1.165, 1.54) is 18.9 Å². The Bertz CT molecular complexity index is 844. The molecule has 1 aromatic carbocycles. The van der Waals surface area contributed by atoms with Crippen LogP contribution in [-0.4, -0.2) is 37.5 Å². The van der Waals surface area contributed by atoms with Crippen LogP contribution < -0.4 is 10.5 Å². The molecule has 1 unspecified atom stereocenters. The highest BCUT2D eigenvalue weighted by Crippen LogP contribution is 2.42. The second-order valence-corrected chi connectivity index (χ2v) is 6.95. The highest BCUT2D eigenvalue weighted by Gasteiger charge is 2.35. The van der Waals surface area contributed by atoms with Crippen molar-refractivity contribution in [2.24, 2.45) is 0 Å². The van der Waals surface area contributed by atoms with Gasteiger partial charge in [0.1, 0.15) is 11.7 Å². The van der Waals surface area contributed by atoms with Crippen LogP contribution in [0.25, 0.3) is 11.1 Å².